The van der Waals surface area contributed by atoms with Crippen molar-refractivity contribution >= 4 is 46.2 Å². The third kappa shape index (κ3) is 5.17. The van der Waals surface area contributed by atoms with E-state index in [0.717, 1.165) is 5.56 Å². The van der Waals surface area contributed by atoms with Crippen molar-refractivity contribution in [2.45, 2.75) is 6.10 Å². The minimum Gasteiger partial charge on any atom is -0.387 e. The van der Waals surface area contributed by atoms with Crippen LogP contribution < -0.4 is 10.6 Å². The van der Waals surface area contributed by atoms with Crippen molar-refractivity contribution in [1.29, 1.82) is 0 Å². The predicted molar refractivity (Wildman–Crippen MR) is 92.1 cm³/mol. The molecule has 21 heavy (non-hydrogen) atoms. The van der Waals surface area contributed by atoms with Gasteiger partial charge in [-0.1, -0.05) is 53.5 Å². The molecule has 2 aromatic carbocycles. The Labute approximate surface area is 138 Å². The summed E-state index contributed by atoms with van der Waals surface area (Å²) in [6.45, 7) is 0.310. The molecule has 0 fully saturated rings. The SMILES string of the molecule is O[C@H](CNC(=S)Nc1cc(Cl)cc(Cl)c1)c1ccccc1. The fourth-order valence-corrected chi connectivity index (χ4v) is 2.51. The Balaban J connectivity index is 1.87. The van der Waals surface area contributed by atoms with Gasteiger partial charge in [0.05, 0.1) is 6.10 Å². The van der Waals surface area contributed by atoms with Gasteiger partial charge in [-0.2, -0.15) is 0 Å². The Kier molecular flexibility index (Phi) is 5.82. The maximum absolute atomic E-state index is 10.0. The Morgan fingerprint density at radius 1 is 1.10 bits per heavy atom. The summed E-state index contributed by atoms with van der Waals surface area (Å²) < 4.78 is 0. The summed E-state index contributed by atoms with van der Waals surface area (Å²) in [7, 11) is 0. The van der Waals surface area contributed by atoms with Gasteiger partial charge < -0.3 is 15.7 Å². The second-order valence-corrected chi connectivity index (χ2v) is 5.70. The molecular formula is C15H14Cl2N2OS. The predicted octanol–water partition coefficient (Wildman–Crippen LogP) is 4.01. The van der Waals surface area contributed by atoms with Crippen molar-refractivity contribution in [2.24, 2.45) is 0 Å². The summed E-state index contributed by atoms with van der Waals surface area (Å²) in [5, 5.41) is 17.4. The summed E-state index contributed by atoms with van der Waals surface area (Å²) in [6, 6.07) is 14.5. The first-order valence-corrected chi connectivity index (χ1v) is 7.45. The molecule has 2 aromatic rings. The van der Waals surface area contributed by atoms with Crippen molar-refractivity contribution in [2.75, 3.05) is 11.9 Å². The lowest BCUT2D eigenvalue weighted by atomic mass is 10.1. The average molecular weight is 341 g/mol. The Hall–Kier alpha value is -1.33. The van der Waals surface area contributed by atoms with E-state index >= 15 is 0 Å². The van der Waals surface area contributed by atoms with Gasteiger partial charge in [-0.05, 0) is 36.0 Å². The second-order valence-electron chi connectivity index (χ2n) is 4.42. The van der Waals surface area contributed by atoms with Crippen LogP contribution in [0.25, 0.3) is 0 Å². The quantitative estimate of drug-likeness (QED) is 0.735. The van der Waals surface area contributed by atoms with Crippen molar-refractivity contribution in [1.82, 2.24) is 5.32 Å². The molecule has 0 spiro atoms. The first-order valence-electron chi connectivity index (χ1n) is 6.28. The highest BCUT2D eigenvalue weighted by Crippen LogP contribution is 2.22. The van der Waals surface area contributed by atoms with Crippen molar-refractivity contribution in [3.05, 3.63) is 64.1 Å². The monoisotopic (exact) mass is 340 g/mol. The fourth-order valence-electron chi connectivity index (χ4n) is 1.78. The maximum Gasteiger partial charge on any atom is 0.170 e. The molecule has 2 rings (SSSR count). The van der Waals surface area contributed by atoms with Crippen LogP contribution in [0.1, 0.15) is 11.7 Å². The van der Waals surface area contributed by atoms with Crippen LogP contribution in [0.15, 0.2) is 48.5 Å². The Bertz CT molecular complexity index is 602. The van der Waals surface area contributed by atoms with E-state index < -0.39 is 6.10 Å². The summed E-state index contributed by atoms with van der Waals surface area (Å²) in [4.78, 5) is 0. The summed E-state index contributed by atoms with van der Waals surface area (Å²) in [5.74, 6) is 0. The minimum absolute atomic E-state index is 0.310. The standard InChI is InChI=1S/C15H14Cl2N2OS/c16-11-6-12(17)8-13(7-11)19-15(21)18-9-14(20)10-4-2-1-3-5-10/h1-8,14,20H,9H2,(H2,18,19,21)/t14-/m1/s1. The zero-order chi connectivity index (χ0) is 15.2. The molecule has 0 aromatic heterocycles. The molecule has 0 aliphatic heterocycles. The van der Waals surface area contributed by atoms with Gasteiger partial charge in [0, 0.05) is 22.3 Å². The molecular weight excluding hydrogens is 327 g/mol. The van der Waals surface area contributed by atoms with Crippen molar-refractivity contribution in [3.63, 3.8) is 0 Å². The first kappa shape index (κ1) is 16.0. The number of anilines is 1. The van der Waals surface area contributed by atoms with Gasteiger partial charge in [0.25, 0.3) is 0 Å². The van der Waals surface area contributed by atoms with Gasteiger partial charge in [0.1, 0.15) is 0 Å². The smallest absolute Gasteiger partial charge is 0.170 e. The Morgan fingerprint density at radius 3 is 2.33 bits per heavy atom. The number of hydrogen-bond donors (Lipinski definition) is 3. The lowest BCUT2D eigenvalue weighted by molar-refractivity contribution is 0.181. The molecule has 0 aliphatic carbocycles. The lowest BCUT2D eigenvalue weighted by Crippen LogP contribution is -2.32. The van der Waals surface area contributed by atoms with E-state index in [-0.39, 0.29) is 0 Å². The number of benzene rings is 2. The molecule has 0 heterocycles. The lowest BCUT2D eigenvalue weighted by Gasteiger charge is -2.15. The largest absolute Gasteiger partial charge is 0.387 e. The van der Waals surface area contributed by atoms with Crippen LogP contribution in [0.4, 0.5) is 5.69 Å². The molecule has 110 valence electrons. The third-order valence-corrected chi connectivity index (χ3v) is 3.44. The number of nitrogens with one attached hydrogen (secondary N) is 2. The van der Waals surface area contributed by atoms with Crippen LogP contribution in [-0.2, 0) is 0 Å². The summed E-state index contributed by atoms with van der Waals surface area (Å²) in [5.41, 5.74) is 1.53. The fraction of sp³-hybridized carbons (Fsp3) is 0.133. The van der Waals surface area contributed by atoms with Crippen LogP contribution >= 0.6 is 35.4 Å². The summed E-state index contributed by atoms with van der Waals surface area (Å²) in [6.07, 6.45) is -0.631. The highest BCUT2D eigenvalue weighted by Gasteiger charge is 2.07. The van der Waals surface area contributed by atoms with Gasteiger partial charge in [-0.15, -0.1) is 0 Å². The topological polar surface area (TPSA) is 44.3 Å². The minimum atomic E-state index is -0.631. The molecule has 3 nitrogen and oxygen atoms in total. The average Bonchev–Trinajstić information content (AvgIpc) is 2.44. The van der Waals surface area contributed by atoms with E-state index in [4.69, 9.17) is 35.4 Å². The van der Waals surface area contributed by atoms with Crippen LogP contribution in [0.2, 0.25) is 10.0 Å². The Morgan fingerprint density at radius 2 is 1.71 bits per heavy atom. The molecule has 0 unspecified atom stereocenters. The number of thiocarbonyl (C=S) groups is 1. The molecule has 0 aliphatic rings. The van der Waals surface area contributed by atoms with E-state index in [0.29, 0.717) is 27.4 Å². The number of hydrogen-bond acceptors (Lipinski definition) is 2. The number of aliphatic hydroxyl groups excluding tert-OH is 1. The van der Waals surface area contributed by atoms with Gasteiger partial charge in [-0.25, -0.2) is 0 Å². The molecule has 0 saturated carbocycles. The number of rotatable bonds is 4. The van der Waals surface area contributed by atoms with E-state index in [1.54, 1.807) is 18.2 Å². The highest BCUT2D eigenvalue weighted by atomic mass is 35.5. The molecule has 0 radical (unpaired) electrons. The molecule has 3 N–H and O–H groups in total. The highest BCUT2D eigenvalue weighted by molar-refractivity contribution is 7.80. The zero-order valence-electron chi connectivity index (χ0n) is 11.0. The first-order chi connectivity index (χ1) is 10.0. The molecule has 0 bridgehead atoms. The van der Waals surface area contributed by atoms with Crippen LogP contribution in [-0.4, -0.2) is 16.8 Å². The van der Waals surface area contributed by atoms with Crippen LogP contribution in [0.5, 0.6) is 0 Å². The van der Waals surface area contributed by atoms with Gasteiger partial charge in [-0.3, -0.25) is 0 Å². The van der Waals surface area contributed by atoms with Gasteiger partial charge in [0.15, 0.2) is 5.11 Å². The van der Waals surface area contributed by atoms with E-state index in [1.807, 2.05) is 30.3 Å². The molecule has 6 heteroatoms. The number of aliphatic hydroxyl groups is 1. The van der Waals surface area contributed by atoms with Gasteiger partial charge >= 0.3 is 0 Å². The molecule has 1 atom stereocenters. The third-order valence-electron chi connectivity index (χ3n) is 2.76. The maximum atomic E-state index is 10.0. The molecule has 0 saturated heterocycles. The van der Waals surface area contributed by atoms with Crippen LogP contribution in [0, 0.1) is 0 Å². The van der Waals surface area contributed by atoms with E-state index in [1.165, 1.54) is 0 Å². The normalized spacial score (nSPS) is 11.8. The second kappa shape index (κ2) is 7.61. The van der Waals surface area contributed by atoms with Gasteiger partial charge in [0.2, 0.25) is 0 Å². The molecule has 0 amide bonds. The summed E-state index contributed by atoms with van der Waals surface area (Å²) >= 11 is 17.0. The zero-order valence-corrected chi connectivity index (χ0v) is 13.3. The van der Waals surface area contributed by atoms with E-state index in [9.17, 15) is 5.11 Å². The van der Waals surface area contributed by atoms with Crippen molar-refractivity contribution < 1.29 is 5.11 Å². The van der Waals surface area contributed by atoms with Crippen LogP contribution in [0.3, 0.4) is 0 Å². The number of halogens is 2. The van der Waals surface area contributed by atoms with E-state index in [2.05, 4.69) is 10.6 Å². The van der Waals surface area contributed by atoms with Crippen molar-refractivity contribution in [3.8, 4) is 0 Å².